The first-order chi connectivity index (χ1) is 6.15. The van der Waals surface area contributed by atoms with E-state index in [0.29, 0.717) is 5.69 Å². The van der Waals surface area contributed by atoms with Gasteiger partial charge in [-0.05, 0) is 0 Å². The van der Waals surface area contributed by atoms with E-state index in [9.17, 15) is 4.79 Å². The van der Waals surface area contributed by atoms with Crippen LogP contribution in [0.2, 0.25) is 0 Å². The Labute approximate surface area is 75.7 Å². The van der Waals surface area contributed by atoms with Crippen molar-refractivity contribution in [2.45, 2.75) is 12.5 Å². The van der Waals surface area contributed by atoms with E-state index in [4.69, 9.17) is 5.73 Å². The standard InChI is InChI=1S/C7H12N4O2/c1-11-6(4-9-10-11)5(8)3-7(12)13-2/h4-5H,3,8H2,1-2H3. The highest BCUT2D eigenvalue weighted by molar-refractivity contribution is 5.70. The van der Waals surface area contributed by atoms with Crippen LogP contribution in [0.15, 0.2) is 6.20 Å². The summed E-state index contributed by atoms with van der Waals surface area (Å²) in [4.78, 5) is 10.9. The second-order valence-corrected chi connectivity index (χ2v) is 2.67. The molecule has 1 aromatic heterocycles. The summed E-state index contributed by atoms with van der Waals surface area (Å²) in [5.74, 6) is -0.339. The molecule has 0 amide bonds. The first kappa shape index (κ1) is 9.66. The maximum Gasteiger partial charge on any atom is 0.307 e. The van der Waals surface area contributed by atoms with Crippen molar-refractivity contribution < 1.29 is 9.53 Å². The van der Waals surface area contributed by atoms with Gasteiger partial charge in [0.15, 0.2) is 0 Å². The zero-order valence-corrected chi connectivity index (χ0v) is 7.60. The first-order valence-corrected chi connectivity index (χ1v) is 3.82. The van der Waals surface area contributed by atoms with E-state index in [1.807, 2.05) is 0 Å². The number of nitrogens with zero attached hydrogens (tertiary/aromatic N) is 3. The Hall–Kier alpha value is -1.43. The van der Waals surface area contributed by atoms with E-state index in [-0.39, 0.29) is 12.4 Å². The van der Waals surface area contributed by atoms with E-state index in [1.165, 1.54) is 18.0 Å². The lowest BCUT2D eigenvalue weighted by Gasteiger charge is -2.08. The number of rotatable bonds is 3. The minimum atomic E-state index is -0.410. The monoisotopic (exact) mass is 184 g/mol. The molecule has 0 aromatic carbocycles. The second-order valence-electron chi connectivity index (χ2n) is 2.67. The van der Waals surface area contributed by atoms with Gasteiger partial charge in [-0.25, -0.2) is 0 Å². The van der Waals surface area contributed by atoms with Crippen LogP contribution in [0.25, 0.3) is 0 Å². The van der Waals surface area contributed by atoms with Crippen molar-refractivity contribution in [1.82, 2.24) is 15.0 Å². The number of hydrogen-bond acceptors (Lipinski definition) is 5. The Morgan fingerprint density at radius 1 is 1.85 bits per heavy atom. The van der Waals surface area contributed by atoms with Gasteiger partial charge in [-0.15, -0.1) is 5.10 Å². The summed E-state index contributed by atoms with van der Waals surface area (Å²) in [5, 5.41) is 7.36. The molecule has 0 radical (unpaired) electrons. The van der Waals surface area contributed by atoms with E-state index >= 15 is 0 Å². The Balaban J connectivity index is 2.63. The number of esters is 1. The fourth-order valence-electron chi connectivity index (χ4n) is 1.00. The third-order valence-electron chi connectivity index (χ3n) is 1.74. The number of carbonyl (C=O) groups is 1. The van der Waals surface area contributed by atoms with Gasteiger partial charge in [0.25, 0.3) is 0 Å². The molecule has 0 spiro atoms. The van der Waals surface area contributed by atoms with Crippen LogP contribution in [0.4, 0.5) is 0 Å². The zero-order chi connectivity index (χ0) is 9.84. The minimum absolute atomic E-state index is 0.137. The van der Waals surface area contributed by atoms with Gasteiger partial charge < -0.3 is 10.5 Å². The number of nitrogens with two attached hydrogens (primary N) is 1. The molecule has 0 bridgehead atoms. The first-order valence-electron chi connectivity index (χ1n) is 3.82. The van der Waals surface area contributed by atoms with E-state index in [1.54, 1.807) is 7.05 Å². The second kappa shape index (κ2) is 3.99. The molecule has 6 nitrogen and oxygen atoms in total. The molecule has 13 heavy (non-hydrogen) atoms. The third kappa shape index (κ3) is 2.25. The highest BCUT2D eigenvalue weighted by Crippen LogP contribution is 2.11. The van der Waals surface area contributed by atoms with Crippen LogP contribution in [0.1, 0.15) is 18.2 Å². The van der Waals surface area contributed by atoms with Gasteiger partial charge in [0.05, 0.1) is 31.5 Å². The summed E-state index contributed by atoms with van der Waals surface area (Å²) in [6.07, 6.45) is 1.67. The predicted molar refractivity (Wildman–Crippen MR) is 44.6 cm³/mol. The molecule has 0 aliphatic carbocycles. The summed E-state index contributed by atoms with van der Waals surface area (Å²) in [5.41, 5.74) is 6.43. The van der Waals surface area contributed by atoms with Crippen LogP contribution < -0.4 is 5.73 Å². The average molecular weight is 184 g/mol. The van der Waals surface area contributed by atoms with E-state index in [2.05, 4.69) is 15.0 Å². The predicted octanol–water partition coefficient (Wildman–Crippen LogP) is -0.622. The quantitative estimate of drug-likeness (QED) is 0.633. The van der Waals surface area contributed by atoms with Gasteiger partial charge >= 0.3 is 5.97 Å². The van der Waals surface area contributed by atoms with Gasteiger partial charge in [0.2, 0.25) is 0 Å². The molecule has 0 aliphatic rings. The zero-order valence-electron chi connectivity index (χ0n) is 7.60. The number of methoxy groups -OCH3 is 1. The molecule has 2 N–H and O–H groups in total. The summed E-state index contributed by atoms with van der Waals surface area (Å²) in [6.45, 7) is 0. The van der Waals surface area contributed by atoms with Crippen LogP contribution >= 0.6 is 0 Å². The van der Waals surface area contributed by atoms with Crippen molar-refractivity contribution in [3.8, 4) is 0 Å². The van der Waals surface area contributed by atoms with Crippen LogP contribution in [0.5, 0.6) is 0 Å². The molecule has 1 aromatic rings. The van der Waals surface area contributed by atoms with Crippen LogP contribution in [-0.2, 0) is 16.6 Å². The molecule has 0 saturated heterocycles. The smallest absolute Gasteiger partial charge is 0.307 e. The molecule has 1 heterocycles. The number of aromatic nitrogens is 3. The lowest BCUT2D eigenvalue weighted by Crippen LogP contribution is -2.19. The number of ether oxygens (including phenoxy) is 1. The highest BCUT2D eigenvalue weighted by Gasteiger charge is 2.15. The summed E-state index contributed by atoms with van der Waals surface area (Å²) < 4.78 is 6.03. The summed E-state index contributed by atoms with van der Waals surface area (Å²) in [7, 11) is 3.05. The largest absolute Gasteiger partial charge is 0.469 e. The van der Waals surface area contributed by atoms with Gasteiger partial charge in [-0.1, -0.05) is 5.21 Å². The highest BCUT2D eigenvalue weighted by atomic mass is 16.5. The molecule has 1 atom stereocenters. The molecular formula is C7H12N4O2. The topological polar surface area (TPSA) is 83.0 Å². The Bertz CT molecular complexity index is 296. The van der Waals surface area contributed by atoms with Gasteiger partial charge in [-0.2, -0.15) is 0 Å². The van der Waals surface area contributed by atoms with Crippen molar-refractivity contribution in [1.29, 1.82) is 0 Å². The molecule has 1 unspecified atom stereocenters. The molecule has 0 aliphatic heterocycles. The van der Waals surface area contributed by atoms with E-state index < -0.39 is 6.04 Å². The van der Waals surface area contributed by atoms with Crippen LogP contribution in [0, 0.1) is 0 Å². The lowest BCUT2D eigenvalue weighted by atomic mass is 10.1. The number of hydrogen-bond donors (Lipinski definition) is 1. The SMILES string of the molecule is COC(=O)CC(N)c1cnnn1C. The lowest BCUT2D eigenvalue weighted by molar-refractivity contribution is -0.141. The molecule has 1 rings (SSSR count). The number of carbonyl (C=O) groups excluding carboxylic acids is 1. The van der Waals surface area contributed by atoms with Crippen molar-refractivity contribution in [2.75, 3.05) is 7.11 Å². The van der Waals surface area contributed by atoms with Crippen LogP contribution in [-0.4, -0.2) is 28.1 Å². The molecular weight excluding hydrogens is 172 g/mol. The van der Waals surface area contributed by atoms with Crippen molar-refractivity contribution >= 4 is 5.97 Å². The van der Waals surface area contributed by atoms with Gasteiger partial charge in [0, 0.05) is 7.05 Å². The minimum Gasteiger partial charge on any atom is -0.469 e. The molecule has 6 heteroatoms. The Morgan fingerprint density at radius 2 is 2.54 bits per heavy atom. The van der Waals surface area contributed by atoms with Crippen molar-refractivity contribution in [3.05, 3.63) is 11.9 Å². The van der Waals surface area contributed by atoms with Crippen molar-refractivity contribution in [3.63, 3.8) is 0 Å². The Morgan fingerprint density at radius 3 is 3.00 bits per heavy atom. The van der Waals surface area contributed by atoms with E-state index in [0.717, 1.165) is 0 Å². The van der Waals surface area contributed by atoms with Gasteiger partial charge in [0.1, 0.15) is 0 Å². The molecule has 0 saturated carbocycles. The summed E-state index contributed by atoms with van der Waals surface area (Å²) >= 11 is 0. The average Bonchev–Trinajstić information content (AvgIpc) is 2.51. The maximum atomic E-state index is 10.9. The molecule has 72 valence electrons. The van der Waals surface area contributed by atoms with Crippen LogP contribution in [0.3, 0.4) is 0 Å². The fourth-order valence-corrected chi connectivity index (χ4v) is 1.00. The van der Waals surface area contributed by atoms with Crippen molar-refractivity contribution in [2.24, 2.45) is 12.8 Å². The normalized spacial score (nSPS) is 12.5. The molecule has 0 fully saturated rings. The summed E-state index contributed by atoms with van der Waals surface area (Å²) in [6, 6.07) is -0.410. The maximum absolute atomic E-state index is 10.9. The number of aryl methyl sites for hydroxylation is 1. The fraction of sp³-hybridized carbons (Fsp3) is 0.571. The Kier molecular flexibility index (Phi) is 2.97. The third-order valence-corrected chi connectivity index (χ3v) is 1.74. The van der Waals surface area contributed by atoms with Gasteiger partial charge in [-0.3, -0.25) is 9.48 Å².